The van der Waals surface area contributed by atoms with Crippen molar-refractivity contribution >= 4 is 5.91 Å². The second-order valence-corrected chi connectivity index (χ2v) is 11.0. The molecule has 5 rings (SSSR count). The Labute approximate surface area is 220 Å². The number of rotatable bonds is 7. The molecule has 0 saturated carbocycles. The molecule has 1 amide bonds. The molecule has 1 N–H and O–H groups in total. The number of amides is 1. The highest BCUT2D eigenvalue weighted by atomic mass is 16.5. The molecule has 2 bridgehead atoms. The van der Waals surface area contributed by atoms with Crippen molar-refractivity contribution in [3.8, 4) is 5.75 Å². The Balaban J connectivity index is 1.50. The average molecular weight is 499 g/mol. The van der Waals surface area contributed by atoms with Gasteiger partial charge in [-0.25, -0.2) is 0 Å². The predicted octanol–water partition coefficient (Wildman–Crippen LogP) is 4.41. The standard InChI is InChI=1S/C32H38N2O3/c1-31-17-19-34(28(29(31)35)21-23-15-16-26(37-4)22-27(23)31)20-18-32(30(36)33(2)3,24-11-7-5-8-12-24)25-13-9-6-10-14-25/h5-16,22,28-29,35H,17-21H2,1-4H3. The molecule has 3 atom stereocenters. The van der Waals surface area contributed by atoms with E-state index in [0.29, 0.717) is 13.0 Å². The number of benzene rings is 3. The van der Waals surface area contributed by atoms with Crippen LogP contribution in [0.25, 0.3) is 0 Å². The van der Waals surface area contributed by atoms with E-state index in [-0.39, 0.29) is 17.4 Å². The lowest BCUT2D eigenvalue weighted by Gasteiger charge is -2.54. The van der Waals surface area contributed by atoms with Crippen LogP contribution in [0.15, 0.2) is 78.9 Å². The number of carbonyl (C=O) groups excluding carboxylic acids is 1. The summed E-state index contributed by atoms with van der Waals surface area (Å²) in [5, 5.41) is 11.6. The van der Waals surface area contributed by atoms with Gasteiger partial charge in [0.25, 0.3) is 0 Å². The van der Waals surface area contributed by atoms with E-state index in [1.165, 1.54) is 11.1 Å². The van der Waals surface area contributed by atoms with Crippen molar-refractivity contribution in [1.29, 1.82) is 0 Å². The van der Waals surface area contributed by atoms with Gasteiger partial charge in [-0.2, -0.15) is 0 Å². The zero-order valence-corrected chi connectivity index (χ0v) is 22.4. The lowest BCUT2D eigenvalue weighted by Crippen LogP contribution is -2.62. The number of methoxy groups -OCH3 is 1. The number of likely N-dealkylation sites (N-methyl/N-ethyl adjacent to an activating group) is 1. The maximum absolute atomic E-state index is 14.0. The summed E-state index contributed by atoms with van der Waals surface area (Å²) in [5.74, 6) is 0.916. The molecule has 5 heteroatoms. The topological polar surface area (TPSA) is 53.0 Å². The highest BCUT2D eigenvalue weighted by Gasteiger charge is 2.51. The van der Waals surface area contributed by atoms with Gasteiger partial charge in [0, 0.05) is 32.1 Å². The predicted molar refractivity (Wildman–Crippen MR) is 147 cm³/mol. The van der Waals surface area contributed by atoms with Gasteiger partial charge in [0.15, 0.2) is 0 Å². The van der Waals surface area contributed by atoms with Crippen LogP contribution in [0.1, 0.15) is 42.0 Å². The quantitative estimate of drug-likeness (QED) is 0.524. The van der Waals surface area contributed by atoms with Crippen LogP contribution in [0, 0.1) is 0 Å². The molecular formula is C32H38N2O3. The van der Waals surface area contributed by atoms with Crippen molar-refractivity contribution in [1.82, 2.24) is 9.80 Å². The maximum Gasteiger partial charge on any atom is 0.237 e. The molecule has 0 aromatic heterocycles. The number of fused-ring (bicyclic) bond motifs is 4. The van der Waals surface area contributed by atoms with E-state index in [2.05, 4.69) is 48.2 Å². The summed E-state index contributed by atoms with van der Waals surface area (Å²) < 4.78 is 5.49. The SMILES string of the molecule is COc1ccc2c(c1)C1(C)CCN(CCC(C(=O)N(C)C)(c3ccccc3)c3ccccc3)C(C2)C1O. The number of aliphatic hydroxyl groups is 1. The number of likely N-dealkylation sites (tertiary alicyclic amines) is 1. The Morgan fingerprint density at radius 1 is 1.05 bits per heavy atom. The van der Waals surface area contributed by atoms with Crippen LogP contribution in [0.5, 0.6) is 5.75 Å². The molecule has 3 aromatic rings. The average Bonchev–Trinajstić information content (AvgIpc) is 2.93. The fraction of sp³-hybridized carbons (Fsp3) is 0.406. The minimum atomic E-state index is -0.808. The number of carbonyl (C=O) groups is 1. The molecule has 37 heavy (non-hydrogen) atoms. The number of hydrogen-bond donors (Lipinski definition) is 1. The van der Waals surface area contributed by atoms with Gasteiger partial charge in [-0.3, -0.25) is 9.69 Å². The third kappa shape index (κ3) is 4.24. The third-order valence-corrected chi connectivity index (χ3v) is 8.84. The van der Waals surface area contributed by atoms with Gasteiger partial charge in [0.05, 0.1) is 13.2 Å². The molecule has 3 aromatic carbocycles. The fourth-order valence-electron chi connectivity index (χ4n) is 6.69. The summed E-state index contributed by atoms with van der Waals surface area (Å²) >= 11 is 0. The van der Waals surface area contributed by atoms with Crippen LogP contribution in [0.4, 0.5) is 0 Å². The second-order valence-electron chi connectivity index (χ2n) is 11.0. The van der Waals surface area contributed by atoms with Gasteiger partial charge in [-0.15, -0.1) is 0 Å². The second kappa shape index (κ2) is 9.96. The Hall–Kier alpha value is -3.15. The summed E-state index contributed by atoms with van der Waals surface area (Å²) in [6.07, 6.45) is 1.80. The molecule has 1 aliphatic carbocycles. The van der Waals surface area contributed by atoms with Crippen molar-refractivity contribution in [3.05, 3.63) is 101 Å². The Kier molecular flexibility index (Phi) is 6.86. The van der Waals surface area contributed by atoms with Gasteiger partial charge in [-0.1, -0.05) is 73.7 Å². The first-order valence-electron chi connectivity index (χ1n) is 13.2. The van der Waals surface area contributed by atoms with E-state index in [1.54, 1.807) is 12.0 Å². The van der Waals surface area contributed by atoms with Crippen LogP contribution >= 0.6 is 0 Å². The molecule has 194 valence electrons. The molecule has 5 nitrogen and oxygen atoms in total. The van der Waals surface area contributed by atoms with E-state index >= 15 is 0 Å². The molecule has 3 unspecified atom stereocenters. The molecule has 1 fully saturated rings. The zero-order valence-electron chi connectivity index (χ0n) is 22.4. The van der Waals surface area contributed by atoms with Crippen molar-refractivity contribution in [2.75, 3.05) is 34.3 Å². The van der Waals surface area contributed by atoms with Crippen LogP contribution < -0.4 is 4.74 Å². The van der Waals surface area contributed by atoms with E-state index in [1.807, 2.05) is 56.6 Å². The molecule has 0 radical (unpaired) electrons. The third-order valence-electron chi connectivity index (χ3n) is 8.84. The fourth-order valence-corrected chi connectivity index (χ4v) is 6.69. The summed E-state index contributed by atoms with van der Waals surface area (Å²) in [5.41, 5.74) is 3.38. The summed E-state index contributed by atoms with van der Waals surface area (Å²) in [7, 11) is 5.37. The van der Waals surface area contributed by atoms with Crippen LogP contribution in [0.2, 0.25) is 0 Å². The van der Waals surface area contributed by atoms with Crippen LogP contribution in [0.3, 0.4) is 0 Å². The lowest BCUT2D eigenvalue weighted by molar-refractivity contribution is -0.134. The van der Waals surface area contributed by atoms with Crippen molar-refractivity contribution in [2.24, 2.45) is 0 Å². The molecule has 1 saturated heterocycles. The van der Waals surface area contributed by atoms with Gasteiger partial charge >= 0.3 is 0 Å². The maximum atomic E-state index is 14.0. The first kappa shape index (κ1) is 25.5. The first-order valence-corrected chi connectivity index (χ1v) is 13.2. The largest absolute Gasteiger partial charge is 0.497 e. The first-order chi connectivity index (χ1) is 17.8. The summed E-state index contributed by atoms with van der Waals surface area (Å²) in [6.45, 7) is 3.78. The summed E-state index contributed by atoms with van der Waals surface area (Å²) in [6, 6.07) is 26.6. The van der Waals surface area contributed by atoms with Gasteiger partial charge < -0.3 is 14.7 Å². The normalized spacial score (nSPS) is 23.3. The van der Waals surface area contributed by atoms with Gasteiger partial charge in [0.1, 0.15) is 11.2 Å². The highest BCUT2D eigenvalue weighted by molar-refractivity contribution is 5.92. The van der Waals surface area contributed by atoms with Crippen molar-refractivity contribution in [2.45, 2.75) is 49.2 Å². The van der Waals surface area contributed by atoms with Crippen LogP contribution in [-0.2, 0) is 22.0 Å². The van der Waals surface area contributed by atoms with E-state index in [0.717, 1.165) is 36.3 Å². The van der Waals surface area contributed by atoms with Crippen molar-refractivity contribution in [3.63, 3.8) is 0 Å². The molecule has 1 heterocycles. The number of ether oxygens (including phenoxy) is 1. The van der Waals surface area contributed by atoms with Gasteiger partial charge in [0.2, 0.25) is 5.91 Å². The Morgan fingerprint density at radius 3 is 2.24 bits per heavy atom. The molecule has 0 spiro atoms. The lowest BCUT2D eigenvalue weighted by atomic mass is 9.62. The monoisotopic (exact) mass is 498 g/mol. The van der Waals surface area contributed by atoms with Crippen molar-refractivity contribution < 1.29 is 14.6 Å². The number of nitrogens with zero attached hydrogens (tertiary/aromatic N) is 2. The van der Waals surface area contributed by atoms with E-state index < -0.39 is 11.5 Å². The highest BCUT2D eigenvalue weighted by Crippen LogP contribution is 2.47. The Bertz CT molecular complexity index is 1200. The molecular weight excluding hydrogens is 460 g/mol. The Morgan fingerprint density at radius 2 is 1.68 bits per heavy atom. The summed E-state index contributed by atoms with van der Waals surface area (Å²) in [4.78, 5) is 18.2. The zero-order chi connectivity index (χ0) is 26.2. The smallest absolute Gasteiger partial charge is 0.237 e. The molecule has 2 aliphatic rings. The van der Waals surface area contributed by atoms with Crippen LogP contribution in [-0.4, -0.2) is 67.3 Å². The van der Waals surface area contributed by atoms with E-state index in [4.69, 9.17) is 4.74 Å². The minimum absolute atomic E-state index is 0.0124. The number of piperidine rings is 1. The number of aliphatic hydroxyl groups excluding tert-OH is 1. The minimum Gasteiger partial charge on any atom is -0.497 e. The van der Waals surface area contributed by atoms with E-state index in [9.17, 15) is 9.90 Å². The number of hydrogen-bond acceptors (Lipinski definition) is 4. The molecule has 1 aliphatic heterocycles. The van der Waals surface area contributed by atoms with Gasteiger partial charge in [-0.05, 0) is 60.2 Å².